The van der Waals surface area contributed by atoms with Crippen LogP contribution in [0.4, 0.5) is 0 Å². The summed E-state index contributed by atoms with van der Waals surface area (Å²) in [7, 11) is 1.62. The first kappa shape index (κ1) is 26.0. The molecule has 0 unspecified atom stereocenters. The van der Waals surface area contributed by atoms with Crippen molar-refractivity contribution in [2.75, 3.05) is 13.7 Å². The third-order valence-corrected chi connectivity index (χ3v) is 7.03. The van der Waals surface area contributed by atoms with Gasteiger partial charge in [0, 0.05) is 9.81 Å². The Morgan fingerprint density at radius 3 is 2.11 bits per heavy atom. The minimum atomic E-state index is -0.687. The molecule has 5 atom stereocenters. The Hall–Kier alpha value is -3.04. The molecule has 0 aliphatic carbocycles. The topological polar surface area (TPSA) is 106 Å². The number of thioether (sulfide) groups is 1. The molecule has 4 rings (SSSR count). The molecule has 0 amide bonds. The van der Waals surface area contributed by atoms with Gasteiger partial charge in [-0.05, 0) is 40.9 Å². The maximum absolute atomic E-state index is 10.2. The average molecular weight is 508 g/mol. The highest BCUT2D eigenvalue weighted by Crippen LogP contribution is 2.37. The van der Waals surface area contributed by atoms with Crippen molar-refractivity contribution in [1.82, 2.24) is 0 Å². The van der Waals surface area contributed by atoms with Gasteiger partial charge in [0.25, 0.3) is 0 Å². The van der Waals surface area contributed by atoms with E-state index in [1.54, 1.807) is 7.11 Å². The number of azide groups is 1. The Morgan fingerprint density at radius 2 is 1.50 bits per heavy atom. The van der Waals surface area contributed by atoms with Crippen LogP contribution in [0, 0.1) is 0 Å². The van der Waals surface area contributed by atoms with E-state index in [2.05, 4.69) is 10.0 Å². The van der Waals surface area contributed by atoms with Gasteiger partial charge in [0.1, 0.15) is 29.4 Å². The van der Waals surface area contributed by atoms with E-state index in [9.17, 15) is 10.6 Å². The second-order valence-electron chi connectivity index (χ2n) is 8.24. The van der Waals surface area contributed by atoms with Crippen LogP contribution in [0.5, 0.6) is 5.75 Å². The SMILES string of the molecule is COc1ccc(CO[C@H]2[C@H](OCc3ccccc3)[C@@H](N=[N+]=[N-])[C@H](Sc3ccccc3)O[C@@H]2CO)cc1. The predicted octanol–water partition coefficient (Wildman–Crippen LogP) is 5.35. The number of rotatable bonds is 11. The van der Waals surface area contributed by atoms with Crippen LogP contribution in [-0.2, 0) is 27.4 Å². The van der Waals surface area contributed by atoms with Crippen molar-refractivity contribution in [3.05, 3.63) is 106 Å². The molecule has 36 heavy (non-hydrogen) atoms. The van der Waals surface area contributed by atoms with E-state index in [-0.39, 0.29) is 13.2 Å². The summed E-state index contributed by atoms with van der Waals surface area (Å²) >= 11 is 1.43. The van der Waals surface area contributed by atoms with Crippen LogP contribution in [0.1, 0.15) is 11.1 Å². The van der Waals surface area contributed by atoms with E-state index in [4.69, 9.17) is 18.9 Å². The van der Waals surface area contributed by atoms with Crippen LogP contribution in [-0.4, -0.2) is 48.6 Å². The van der Waals surface area contributed by atoms with Gasteiger partial charge in [-0.3, -0.25) is 0 Å². The lowest BCUT2D eigenvalue weighted by Crippen LogP contribution is -2.58. The lowest BCUT2D eigenvalue weighted by atomic mass is 9.97. The molecule has 1 N–H and O–H groups in total. The van der Waals surface area contributed by atoms with Gasteiger partial charge in [0.2, 0.25) is 0 Å². The second kappa shape index (κ2) is 13.3. The molecular weight excluding hydrogens is 478 g/mol. The number of hydrogen-bond acceptors (Lipinski definition) is 7. The summed E-state index contributed by atoms with van der Waals surface area (Å²) in [6.45, 7) is 0.290. The van der Waals surface area contributed by atoms with E-state index in [1.165, 1.54) is 11.8 Å². The first-order valence-corrected chi connectivity index (χ1v) is 12.5. The van der Waals surface area contributed by atoms with Crippen LogP contribution >= 0.6 is 11.8 Å². The fourth-order valence-corrected chi connectivity index (χ4v) is 5.15. The summed E-state index contributed by atoms with van der Waals surface area (Å²) in [5.74, 6) is 0.751. The number of methoxy groups -OCH3 is 1. The largest absolute Gasteiger partial charge is 0.497 e. The Balaban J connectivity index is 1.59. The minimum Gasteiger partial charge on any atom is -0.497 e. The van der Waals surface area contributed by atoms with E-state index < -0.39 is 29.8 Å². The van der Waals surface area contributed by atoms with Crippen molar-refractivity contribution in [2.45, 2.75) is 47.9 Å². The zero-order valence-corrected chi connectivity index (χ0v) is 20.7. The lowest BCUT2D eigenvalue weighted by molar-refractivity contribution is -0.206. The van der Waals surface area contributed by atoms with Gasteiger partial charge < -0.3 is 24.1 Å². The van der Waals surface area contributed by atoms with Crippen LogP contribution in [0.15, 0.2) is 94.9 Å². The molecule has 0 spiro atoms. The van der Waals surface area contributed by atoms with Gasteiger partial charge >= 0.3 is 0 Å². The Morgan fingerprint density at radius 1 is 0.889 bits per heavy atom. The van der Waals surface area contributed by atoms with Crippen molar-refractivity contribution in [2.24, 2.45) is 5.11 Å². The summed E-state index contributed by atoms with van der Waals surface area (Å²) in [5.41, 5.74) is 10.7. The molecule has 0 saturated carbocycles. The summed E-state index contributed by atoms with van der Waals surface area (Å²) in [4.78, 5) is 4.05. The highest BCUT2D eigenvalue weighted by molar-refractivity contribution is 7.99. The second-order valence-corrected chi connectivity index (χ2v) is 9.41. The Kier molecular flexibility index (Phi) is 9.63. The summed E-state index contributed by atoms with van der Waals surface area (Å²) < 4.78 is 24.1. The van der Waals surface area contributed by atoms with Crippen molar-refractivity contribution in [3.8, 4) is 5.75 Å². The number of benzene rings is 3. The van der Waals surface area contributed by atoms with Crippen LogP contribution in [0.2, 0.25) is 0 Å². The molecular formula is C27H29N3O5S. The average Bonchev–Trinajstić information content (AvgIpc) is 2.93. The molecule has 1 fully saturated rings. The fraction of sp³-hybridized carbons (Fsp3) is 0.333. The van der Waals surface area contributed by atoms with Crippen molar-refractivity contribution >= 4 is 11.8 Å². The van der Waals surface area contributed by atoms with Crippen molar-refractivity contribution in [3.63, 3.8) is 0 Å². The number of hydrogen-bond donors (Lipinski definition) is 1. The van der Waals surface area contributed by atoms with E-state index in [0.717, 1.165) is 21.8 Å². The molecule has 1 aliphatic rings. The van der Waals surface area contributed by atoms with Gasteiger partial charge in [0.05, 0.1) is 33.0 Å². The number of ether oxygens (including phenoxy) is 4. The van der Waals surface area contributed by atoms with Crippen molar-refractivity contribution < 1.29 is 24.1 Å². The summed E-state index contributed by atoms with van der Waals surface area (Å²) in [6, 6.07) is 26.3. The van der Waals surface area contributed by atoms with E-state index in [1.807, 2.05) is 84.9 Å². The molecule has 3 aromatic carbocycles. The van der Waals surface area contributed by atoms with Gasteiger partial charge in [-0.25, -0.2) is 0 Å². The van der Waals surface area contributed by atoms with Crippen LogP contribution in [0.25, 0.3) is 10.4 Å². The quantitative estimate of drug-likeness (QED) is 0.213. The smallest absolute Gasteiger partial charge is 0.119 e. The maximum atomic E-state index is 10.2. The fourth-order valence-electron chi connectivity index (χ4n) is 4.02. The van der Waals surface area contributed by atoms with Gasteiger partial charge in [-0.2, -0.15) is 0 Å². The number of nitrogens with zero attached hydrogens (tertiary/aromatic N) is 3. The maximum Gasteiger partial charge on any atom is 0.119 e. The molecule has 3 aromatic rings. The highest BCUT2D eigenvalue weighted by Gasteiger charge is 2.47. The Bertz CT molecular complexity index is 1110. The third-order valence-electron chi connectivity index (χ3n) is 5.86. The molecule has 0 bridgehead atoms. The lowest BCUT2D eigenvalue weighted by Gasteiger charge is -2.44. The predicted molar refractivity (Wildman–Crippen MR) is 138 cm³/mol. The summed E-state index contributed by atoms with van der Waals surface area (Å²) in [5, 5.41) is 14.3. The summed E-state index contributed by atoms with van der Waals surface area (Å²) in [6.07, 6.45) is -1.98. The normalized spacial score (nSPS) is 23.6. The van der Waals surface area contributed by atoms with E-state index >= 15 is 0 Å². The van der Waals surface area contributed by atoms with Gasteiger partial charge in [-0.1, -0.05) is 77.5 Å². The zero-order valence-electron chi connectivity index (χ0n) is 19.9. The Labute approximate surface area is 214 Å². The molecule has 188 valence electrons. The minimum absolute atomic E-state index is 0.263. The molecule has 9 heteroatoms. The molecule has 1 aliphatic heterocycles. The van der Waals surface area contributed by atoms with Crippen molar-refractivity contribution in [1.29, 1.82) is 0 Å². The molecule has 1 heterocycles. The van der Waals surface area contributed by atoms with Gasteiger partial charge in [-0.15, -0.1) is 0 Å². The first-order valence-electron chi connectivity index (χ1n) is 11.6. The number of aliphatic hydroxyl groups excluding tert-OH is 1. The standard InChI is InChI=1S/C27H29N3O5S/c1-32-21-14-12-20(13-15-21)18-33-25-23(16-31)35-27(36-22-10-6-3-7-11-22)24(29-30-28)26(25)34-17-19-8-4-2-5-9-19/h2-15,23-27,31H,16-18H2,1H3/t23-,24-,25-,26-,27+/m1/s1. The molecule has 1 saturated heterocycles. The highest BCUT2D eigenvalue weighted by atomic mass is 32.2. The molecule has 0 aromatic heterocycles. The molecule has 0 radical (unpaired) electrons. The van der Waals surface area contributed by atoms with Crippen LogP contribution < -0.4 is 4.74 Å². The zero-order chi connectivity index (χ0) is 25.2. The van der Waals surface area contributed by atoms with E-state index in [0.29, 0.717) is 6.61 Å². The number of aliphatic hydroxyl groups is 1. The van der Waals surface area contributed by atoms with Gasteiger partial charge in [0.15, 0.2) is 0 Å². The molecule has 8 nitrogen and oxygen atoms in total. The van der Waals surface area contributed by atoms with Crippen LogP contribution in [0.3, 0.4) is 0 Å². The monoisotopic (exact) mass is 507 g/mol. The first-order chi connectivity index (χ1) is 17.7. The third kappa shape index (κ3) is 6.79.